The Hall–Kier alpha value is -1.94. The molecule has 84 valence electrons. The van der Waals surface area contributed by atoms with Crippen LogP contribution < -0.4 is 5.73 Å². The summed E-state index contributed by atoms with van der Waals surface area (Å²) in [5, 5.41) is 1.97. The molecule has 0 fully saturated rings. The molecule has 4 heteroatoms. The first-order valence-corrected chi connectivity index (χ1v) is 5.97. The van der Waals surface area contributed by atoms with Crippen molar-refractivity contribution in [2.24, 2.45) is 0 Å². The smallest absolute Gasteiger partial charge is 0.206 e. The van der Waals surface area contributed by atoms with Gasteiger partial charge in [-0.05, 0) is 10.8 Å². The molecule has 0 aliphatic carbocycles. The van der Waals surface area contributed by atoms with Gasteiger partial charge in [-0.3, -0.25) is 0 Å². The Morgan fingerprint density at radius 2 is 1.82 bits per heavy atom. The van der Waals surface area contributed by atoms with Crippen molar-refractivity contribution in [1.29, 1.82) is 0 Å². The highest BCUT2D eigenvalue weighted by atomic mass is 32.1. The van der Waals surface area contributed by atoms with Gasteiger partial charge in [0, 0.05) is 5.56 Å². The zero-order valence-corrected chi connectivity index (χ0v) is 9.67. The lowest BCUT2D eigenvalue weighted by Gasteiger charge is -2.03. The van der Waals surface area contributed by atoms with Gasteiger partial charge in [0.15, 0.2) is 5.13 Å². The number of thiazole rings is 1. The van der Waals surface area contributed by atoms with E-state index in [0.717, 1.165) is 27.7 Å². The molecule has 0 saturated carbocycles. The van der Waals surface area contributed by atoms with Crippen LogP contribution in [-0.4, -0.2) is 4.98 Å². The fourth-order valence-corrected chi connectivity index (χ4v) is 2.49. The third kappa shape index (κ3) is 1.66. The third-order valence-corrected chi connectivity index (χ3v) is 3.32. The molecular weight excluding hydrogens is 235 g/mol. The lowest BCUT2D eigenvalue weighted by atomic mass is 10.0. The Labute approximate surface area is 102 Å². The number of hydrogen-bond acceptors (Lipinski definition) is 3. The molecule has 0 aliphatic heterocycles. The second kappa shape index (κ2) is 3.82. The Bertz CT molecular complexity index is 685. The Kier molecular flexibility index (Phi) is 2.30. The van der Waals surface area contributed by atoms with Crippen LogP contribution in [0, 0.1) is 5.13 Å². The van der Waals surface area contributed by atoms with E-state index in [1.807, 2.05) is 42.5 Å². The number of benzene rings is 2. The van der Waals surface area contributed by atoms with Crippen molar-refractivity contribution in [3.8, 4) is 11.3 Å². The molecule has 0 spiro atoms. The molecule has 0 unspecified atom stereocenters. The van der Waals surface area contributed by atoms with E-state index >= 15 is 0 Å². The minimum absolute atomic E-state index is 0.255. The van der Waals surface area contributed by atoms with Crippen molar-refractivity contribution in [3.05, 3.63) is 47.6 Å². The molecule has 1 aromatic heterocycles. The van der Waals surface area contributed by atoms with Crippen LogP contribution in [0.5, 0.6) is 0 Å². The van der Waals surface area contributed by atoms with Crippen LogP contribution in [0.2, 0.25) is 0 Å². The first-order valence-electron chi connectivity index (χ1n) is 5.15. The summed E-state index contributed by atoms with van der Waals surface area (Å²) in [4.78, 5) is 4.05. The molecule has 0 atom stereocenters. The number of halogens is 1. The average Bonchev–Trinajstić information content (AvgIpc) is 2.68. The van der Waals surface area contributed by atoms with Crippen molar-refractivity contribution in [1.82, 2.24) is 4.98 Å². The van der Waals surface area contributed by atoms with E-state index < -0.39 is 0 Å². The van der Waals surface area contributed by atoms with Crippen molar-refractivity contribution in [3.63, 3.8) is 0 Å². The molecule has 0 saturated heterocycles. The first-order chi connectivity index (χ1) is 8.25. The number of aromatic nitrogens is 1. The number of anilines is 1. The Morgan fingerprint density at radius 3 is 2.59 bits per heavy atom. The van der Waals surface area contributed by atoms with Crippen molar-refractivity contribution < 1.29 is 4.39 Å². The van der Waals surface area contributed by atoms with Crippen LogP contribution in [0.1, 0.15) is 0 Å². The number of rotatable bonds is 1. The third-order valence-electron chi connectivity index (χ3n) is 2.65. The van der Waals surface area contributed by atoms with E-state index in [4.69, 9.17) is 5.73 Å². The molecule has 0 amide bonds. The summed E-state index contributed by atoms with van der Waals surface area (Å²) in [7, 11) is 0. The summed E-state index contributed by atoms with van der Waals surface area (Å²) in [5.74, 6) is 0. The van der Waals surface area contributed by atoms with Crippen LogP contribution in [0.3, 0.4) is 0 Å². The molecule has 3 aromatic rings. The van der Waals surface area contributed by atoms with Crippen molar-refractivity contribution in [2.75, 3.05) is 5.73 Å². The molecule has 2 N–H and O–H groups in total. The summed E-state index contributed by atoms with van der Waals surface area (Å²) >= 11 is 0.873. The van der Waals surface area contributed by atoms with Gasteiger partial charge in [-0.1, -0.05) is 53.8 Å². The van der Waals surface area contributed by atoms with E-state index in [2.05, 4.69) is 4.98 Å². The molecular formula is C13H9FN2S. The molecule has 0 bridgehead atoms. The van der Waals surface area contributed by atoms with Gasteiger partial charge < -0.3 is 5.73 Å². The highest BCUT2D eigenvalue weighted by Gasteiger charge is 2.13. The van der Waals surface area contributed by atoms with E-state index in [0.29, 0.717) is 5.69 Å². The maximum Gasteiger partial charge on any atom is 0.206 e. The summed E-state index contributed by atoms with van der Waals surface area (Å²) < 4.78 is 13.7. The second-order valence-electron chi connectivity index (χ2n) is 3.70. The highest BCUT2D eigenvalue weighted by molar-refractivity contribution is 7.14. The molecule has 0 aliphatic rings. The van der Waals surface area contributed by atoms with Crippen molar-refractivity contribution >= 4 is 27.2 Å². The van der Waals surface area contributed by atoms with E-state index in [1.165, 1.54) is 0 Å². The monoisotopic (exact) mass is 244 g/mol. The van der Waals surface area contributed by atoms with E-state index in [9.17, 15) is 4.39 Å². The van der Waals surface area contributed by atoms with Gasteiger partial charge in [0.05, 0.1) is 0 Å². The van der Waals surface area contributed by atoms with Gasteiger partial charge in [-0.25, -0.2) is 4.98 Å². The zero-order valence-electron chi connectivity index (χ0n) is 8.85. The second-order valence-corrected chi connectivity index (χ2v) is 4.68. The lowest BCUT2D eigenvalue weighted by Crippen LogP contribution is -1.85. The summed E-state index contributed by atoms with van der Waals surface area (Å²) in [5.41, 5.74) is 6.65. The zero-order chi connectivity index (χ0) is 11.8. The van der Waals surface area contributed by atoms with Crippen LogP contribution in [0.4, 0.5) is 9.52 Å². The predicted molar refractivity (Wildman–Crippen MR) is 69.4 cm³/mol. The standard InChI is InChI=1S/C13H9FN2S/c14-12-11(16-13(15)17-12)10-7-3-5-8-4-1-2-6-9(8)10/h1-7H,(H2,15,16). The quantitative estimate of drug-likeness (QED) is 0.709. The van der Waals surface area contributed by atoms with Gasteiger partial charge in [0.1, 0.15) is 5.69 Å². The number of fused-ring (bicyclic) bond motifs is 1. The molecule has 3 rings (SSSR count). The summed E-state index contributed by atoms with van der Waals surface area (Å²) in [6.07, 6.45) is 0. The lowest BCUT2D eigenvalue weighted by molar-refractivity contribution is 0.657. The molecule has 2 nitrogen and oxygen atoms in total. The molecule has 2 aromatic carbocycles. The fourth-order valence-electron chi connectivity index (χ4n) is 1.92. The van der Waals surface area contributed by atoms with Gasteiger partial charge in [0.25, 0.3) is 0 Å². The van der Waals surface area contributed by atoms with E-state index in [1.54, 1.807) is 0 Å². The SMILES string of the molecule is Nc1nc(-c2cccc3ccccc23)c(F)s1. The van der Waals surface area contributed by atoms with Gasteiger partial charge in [0.2, 0.25) is 5.13 Å². The number of hydrogen-bond donors (Lipinski definition) is 1. The predicted octanol–water partition coefficient (Wildman–Crippen LogP) is 3.68. The number of nitrogen functional groups attached to an aromatic ring is 1. The topological polar surface area (TPSA) is 38.9 Å². The van der Waals surface area contributed by atoms with Crippen LogP contribution >= 0.6 is 11.3 Å². The molecule has 1 heterocycles. The highest BCUT2D eigenvalue weighted by Crippen LogP contribution is 2.32. The van der Waals surface area contributed by atoms with Gasteiger partial charge in [-0.15, -0.1) is 0 Å². The van der Waals surface area contributed by atoms with Crippen LogP contribution in [0.15, 0.2) is 42.5 Å². The normalized spacial score (nSPS) is 10.9. The minimum Gasteiger partial charge on any atom is -0.375 e. The fraction of sp³-hybridized carbons (Fsp3) is 0. The van der Waals surface area contributed by atoms with Crippen LogP contribution in [-0.2, 0) is 0 Å². The van der Waals surface area contributed by atoms with Crippen molar-refractivity contribution in [2.45, 2.75) is 0 Å². The maximum absolute atomic E-state index is 13.7. The minimum atomic E-state index is -0.334. The average molecular weight is 244 g/mol. The number of nitrogens with zero attached hydrogens (tertiary/aromatic N) is 1. The Balaban J connectivity index is 2.34. The Morgan fingerprint density at radius 1 is 1.06 bits per heavy atom. The number of nitrogens with two attached hydrogens (primary N) is 1. The van der Waals surface area contributed by atoms with Crippen LogP contribution in [0.25, 0.3) is 22.0 Å². The van der Waals surface area contributed by atoms with Gasteiger partial charge in [-0.2, -0.15) is 4.39 Å². The molecule has 0 radical (unpaired) electrons. The summed E-state index contributed by atoms with van der Waals surface area (Å²) in [6, 6.07) is 13.6. The summed E-state index contributed by atoms with van der Waals surface area (Å²) in [6.45, 7) is 0. The maximum atomic E-state index is 13.7. The largest absolute Gasteiger partial charge is 0.375 e. The van der Waals surface area contributed by atoms with E-state index in [-0.39, 0.29) is 10.3 Å². The first kappa shape index (κ1) is 10.2. The van der Waals surface area contributed by atoms with Gasteiger partial charge >= 0.3 is 0 Å². The molecule has 17 heavy (non-hydrogen) atoms.